The lowest BCUT2D eigenvalue weighted by molar-refractivity contribution is 0.0640. The molecule has 0 spiro atoms. The number of anilines is 1. The first-order chi connectivity index (χ1) is 9.13. The first-order valence-corrected chi connectivity index (χ1v) is 7.46. The van der Waals surface area contributed by atoms with E-state index in [0.717, 1.165) is 17.1 Å². The van der Waals surface area contributed by atoms with Gasteiger partial charge in [-0.15, -0.1) is 11.8 Å². The lowest BCUT2D eigenvalue weighted by atomic mass is 10.0. The highest BCUT2D eigenvalue weighted by Gasteiger charge is 2.31. The summed E-state index contributed by atoms with van der Waals surface area (Å²) in [4.78, 5) is 12.8. The van der Waals surface area contributed by atoms with E-state index in [-0.39, 0.29) is 12.6 Å². The number of nitrogens with one attached hydrogen (secondary N) is 3. The minimum atomic E-state index is -0.823. The number of carbonyl (C=O) groups excluding carboxylic acids is 1. The molecule has 5 nitrogen and oxygen atoms in total. The highest BCUT2D eigenvalue weighted by atomic mass is 32.2. The van der Waals surface area contributed by atoms with Crippen LogP contribution in [0.15, 0.2) is 29.2 Å². The van der Waals surface area contributed by atoms with E-state index in [1.54, 1.807) is 11.8 Å². The van der Waals surface area contributed by atoms with E-state index in [1.165, 1.54) is 0 Å². The van der Waals surface area contributed by atoms with Crippen LogP contribution in [0.3, 0.4) is 0 Å². The standard InChI is InChI=1S/C13H19N3O2S/c1-19-11-5-3-2-4-10(11)16-12(17)15-9-13(18)6-7-14-8-13/h2-5,14,18H,6-9H2,1H3,(H2,15,16,17)/t13-/m0/s1. The van der Waals surface area contributed by atoms with Crippen LogP contribution in [0.1, 0.15) is 6.42 Å². The van der Waals surface area contributed by atoms with Gasteiger partial charge in [0.1, 0.15) is 0 Å². The molecule has 1 aromatic carbocycles. The van der Waals surface area contributed by atoms with E-state index < -0.39 is 5.60 Å². The summed E-state index contributed by atoms with van der Waals surface area (Å²) in [6.45, 7) is 1.57. The van der Waals surface area contributed by atoms with Gasteiger partial charge in [0.25, 0.3) is 0 Å². The molecule has 2 amide bonds. The number of hydrogen-bond donors (Lipinski definition) is 4. The Morgan fingerprint density at radius 2 is 2.32 bits per heavy atom. The summed E-state index contributed by atoms with van der Waals surface area (Å²) in [5, 5.41) is 18.7. The molecule has 19 heavy (non-hydrogen) atoms. The topological polar surface area (TPSA) is 73.4 Å². The Hall–Kier alpha value is -1.24. The molecule has 0 bridgehead atoms. The van der Waals surface area contributed by atoms with Crippen LogP contribution in [0.4, 0.5) is 10.5 Å². The number of β-amino-alcohol motifs (C(OH)–C–C–N with tert-alkyl or cyclic N) is 1. The molecule has 1 aliphatic heterocycles. The predicted molar refractivity (Wildman–Crippen MR) is 77.7 cm³/mol. The van der Waals surface area contributed by atoms with Crippen molar-refractivity contribution in [2.75, 3.05) is 31.2 Å². The number of para-hydroxylation sites is 1. The van der Waals surface area contributed by atoms with E-state index in [1.807, 2.05) is 30.5 Å². The second-order valence-corrected chi connectivity index (χ2v) is 5.51. The zero-order valence-electron chi connectivity index (χ0n) is 10.9. The van der Waals surface area contributed by atoms with Crippen molar-refractivity contribution in [3.05, 3.63) is 24.3 Å². The van der Waals surface area contributed by atoms with Crippen molar-refractivity contribution in [2.24, 2.45) is 0 Å². The van der Waals surface area contributed by atoms with Crippen molar-refractivity contribution in [1.29, 1.82) is 0 Å². The molecule has 1 fully saturated rings. The van der Waals surface area contributed by atoms with Crippen molar-refractivity contribution >= 4 is 23.5 Å². The normalized spacial score (nSPS) is 22.2. The molecule has 1 atom stereocenters. The Labute approximate surface area is 117 Å². The van der Waals surface area contributed by atoms with Gasteiger partial charge in [-0.25, -0.2) is 4.79 Å². The molecule has 0 aliphatic carbocycles. The number of benzene rings is 1. The smallest absolute Gasteiger partial charge is 0.319 e. The molecule has 1 heterocycles. The van der Waals surface area contributed by atoms with Gasteiger partial charge in [-0.2, -0.15) is 0 Å². The largest absolute Gasteiger partial charge is 0.387 e. The third-order valence-electron chi connectivity index (χ3n) is 3.15. The number of thioether (sulfide) groups is 1. The molecule has 0 unspecified atom stereocenters. The van der Waals surface area contributed by atoms with E-state index in [9.17, 15) is 9.90 Å². The van der Waals surface area contributed by atoms with Gasteiger partial charge in [0.15, 0.2) is 0 Å². The van der Waals surface area contributed by atoms with Gasteiger partial charge in [-0.05, 0) is 31.4 Å². The summed E-state index contributed by atoms with van der Waals surface area (Å²) < 4.78 is 0. The minimum Gasteiger partial charge on any atom is -0.387 e. The summed E-state index contributed by atoms with van der Waals surface area (Å²) in [6.07, 6.45) is 2.63. The number of carbonyl (C=O) groups is 1. The van der Waals surface area contributed by atoms with E-state index in [0.29, 0.717) is 13.0 Å². The van der Waals surface area contributed by atoms with Crippen molar-refractivity contribution in [1.82, 2.24) is 10.6 Å². The second-order valence-electron chi connectivity index (χ2n) is 4.66. The van der Waals surface area contributed by atoms with Gasteiger partial charge in [0, 0.05) is 18.0 Å². The van der Waals surface area contributed by atoms with Gasteiger partial charge in [0.05, 0.1) is 11.3 Å². The SMILES string of the molecule is CSc1ccccc1NC(=O)NC[C@]1(O)CCNC1. The van der Waals surface area contributed by atoms with Crippen LogP contribution < -0.4 is 16.0 Å². The zero-order chi connectivity index (χ0) is 13.7. The quantitative estimate of drug-likeness (QED) is 0.627. The Kier molecular flexibility index (Phi) is 4.68. The number of hydrogen-bond acceptors (Lipinski definition) is 4. The average molecular weight is 281 g/mol. The van der Waals surface area contributed by atoms with Crippen LogP contribution in [0, 0.1) is 0 Å². The fourth-order valence-corrected chi connectivity index (χ4v) is 2.59. The monoisotopic (exact) mass is 281 g/mol. The van der Waals surface area contributed by atoms with E-state index >= 15 is 0 Å². The molecule has 0 aromatic heterocycles. The van der Waals surface area contributed by atoms with E-state index in [4.69, 9.17) is 0 Å². The summed E-state index contributed by atoms with van der Waals surface area (Å²) >= 11 is 1.58. The third kappa shape index (κ3) is 3.86. The van der Waals surface area contributed by atoms with Crippen LogP contribution in [-0.4, -0.2) is 42.6 Å². The van der Waals surface area contributed by atoms with Gasteiger partial charge in [-0.1, -0.05) is 12.1 Å². The molecule has 104 valence electrons. The Bertz CT molecular complexity index is 447. The van der Waals surface area contributed by atoms with Crippen molar-refractivity contribution < 1.29 is 9.90 Å². The number of amides is 2. The molecular weight excluding hydrogens is 262 g/mol. The molecule has 0 saturated carbocycles. The maximum Gasteiger partial charge on any atom is 0.319 e. The van der Waals surface area contributed by atoms with Gasteiger partial charge in [-0.3, -0.25) is 0 Å². The highest BCUT2D eigenvalue weighted by molar-refractivity contribution is 7.98. The molecule has 4 N–H and O–H groups in total. The number of urea groups is 1. The second kappa shape index (κ2) is 6.27. The lowest BCUT2D eigenvalue weighted by Gasteiger charge is -2.21. The maximum absolute atomic E-state index is 11.8. The Morgan fingerprint density at radius 1 is 1.53 bits per heavy atom. The number of rotatable bonds is 4. The van der Waals surface area contributed by atoms with Gasteiger partial charge >= 0.3 is 6.03 Å². The molecule has 1 aliphatic rings. The van der Waals surface area contributed by atoms with Crippen molar-refractivity contribution in [2.45, 2.75) is 16.9 Å². The summed E-state index contributed by atoms with van der Waals surface area (Å²) in [5.41, 5.74) is -0.0415. The first-order valence-electron chi connectivity index (χ1n) is 6.24. The Balaban J connectivity index is 1.87. The third-order valence-corrected chi connectivity index (χ3v) is 3.95. The van der Waals surface area contributed by atoms with Crippen LogP contribution >= 0.6 is 11.8 Å². The highest BCUT2D eigenvalue weighted by Crippen LogP contribution is 2.24. The van der Waals surface area contributed by atoms with E-state index in [2.05, 4.69) is 16.0 Å². The van der Waals surface area contributed by atoms with Crippen molar-refractivity contribution in [3.8, 4) is 0 Å². The minimum absolute atomic E-state index is 0.257. The zero-order valence-corrected chi connectivity index (χ0v) is 11.7. The van der Waals surface area contributed by atoms with Crippen LogP contribution in [0.25, 0.3) is 0 Å². The maximum atomic E-state index is 11.8. The predicted octanol–water partition coefficient (Wildman–Crippen LogP) is 1.25. The molecule has 1 aromatic rings. The van der Waals surface area contributed by atoms with Crippen molar-refractivity contribution in [3.63, 3.8) is 0 Å². The fraction of sp³-hybridized carbons (Fsp3) is 0.462. The molecule has 2 rings (SSSR count). The molecule has 0 radical (unpaired) electrons. The fourth-order valence-electron chi connectivity index (χ4n) is 2.04. The molecular formula is C13H19N3O2S. The first kappa shape index (κ1) is 14.2. The molecule has 6 heteroatoms. The molecule has 1 saturated heterocycles. The van der Waals surface area contributed by atoms with Crippen LogP contribution in [-0.2, 0) is 0 Å². The van der Waals surface area contributed by atoms with Gasteiger partial charge < -0.3 is 21.1 Å². The Morgan fingerprint density at radius 3 is 3.00 bits per heavy atom. The average Bonchev–Trinajstić information content (AvgIpc) is 2.85. The summed E-state index contributed by atoms with van der Waals surface area (Å²) in [5.74, 6) is 0. The summed E-state index contributed by atoms with van der Waals surface area (Å²) in [6, 6.07) is 7.33. The number of aliphatic hydroxyl groups is 1. The summed E-state index contributed by atoms with van der Waals surface area (Å²) in [7, 11) is 0. The van der Waals surface area contributed by atoms with Crippen LogP contribution in [0.5, 0.6) is 0 Å². The van der Waals surface area contributed by atoms with Crippen LogP contribution in [0.2, 0.25) is 0 Å². The lowest BCUT2D eigenvalue weighted by Crippen LogP contribution is -2.45. The van der Waals surface area contributed by atoms with Gasteiger partial charge in [0.2, 0.25) is 0 Å².